The van der Waals surface area contributed by atoms with E-state index in [2.05, 4.69) is 9.97 Å². The highest BCUT2D eigenvalue weighted by Crippen LogP contribution is 2.36. The zero-order valence-electron chi connectivity index (χ0n) is 12.5. The number of hydrogen-bond acceptors (Lipinski definition) is 7. The highest BCUT2D eigenvalue weighted by molar-refractivity contribution is 7.98. The molecular weight excluding hydrogens is 328 g/mol. The third kappa shape index (κ3) is 3.04. The molecule has 0 amide bonds. The molecular formula is C14H13F2N3O3S. The van der Waals surface area contributed by atoms with Crippen LogP contribution in [0.1, 0.15) is 15.9 Å². The number of benzene rings is 1. The third-order valence-corrected chi connectivity index (χ3v) is 3.57. The van der Waals surface area contributed by atoms with Crippen molar-refractivity contribution in [2.24, 2.45) is 0 Å². The Morgan fingerprint density at radius 1 is 1.30 bits per heavy atom. The monoisotopic (exact) mass is 341 g/mol. The quantitative estimate of drug-likeness (QED) is 0.507. The van der Waals surface area contributed by atoms with Crippen LogP contribution in [0.25, 0.3) is 0 Å². The number of halogens is 2. The van der Waals surface area contributed by atoms with Crippen LogP contribution in [0.15, 0.2) is 17.4 Å². The molecule has 0 unspecified atom stereocenters. The zero-order chi connectivity index (χ0) is 17.1. The molecule has 1 aromatic carbocycles. The summed E-state index contributed by atoms with van der Waals surface area (Å²) in [7, 11) is 2.46. The van der Waals surface area contributed by atoms with E-state index in [9.17, 15) is 13.6 Å². The van der Waals surface area contributed by atoms with Gasteiger partial charge in [0, 0.05) is 12.3 Å². The maximum atomic E-state index is 14.2. The minimum absolute atomic E-state index is 0.116. The molecule has 0 aliphatic carbocycles. The fraction of sp³-hybridized carbons (Fsp3) is 0.214. The summed E-state index contributed by atoms with van der Waals surface area (Å²) >= 11 is 1.23. The Bertz CT molecular complexity index is 771. The standard InChI is InChI=1S/C14H13F2N3O3S/c1-21-8-4-7(15)10(16)9(12(8)22-2)11(20)6-5-18-14(23-3)19-13(6)17/h4-5H,1-3H3,(H2,17,18,19). The normalized spacial score (nSPS) is 10.5. The molecule has 2 aromatic rings. The van der Waals surface area contributed by atoms with Gasteiger partial charge in [0.15, 0.2) is 28.3 Å². The van der Waals surface area contributed by atoms with E-state index in [1.807, 2.05) is 0 Å². The molecule has 2 rings (SSSR count). The first-order valence-electron chi connectivity index (χ1n) is 6.25. The molecule has 0 aliphatic heterocycles. The molecule has 122 valence electrons. The number of nitrogen functional groups attached to an aromatic ring is 1. The lowest BCUT2D eigenvalue weighted by Gasteiger charge is -2.14. The summed E-state index contributed by atoms with van der Waals surface area (Å²) < 4.78 is 37.8. The molecule has 2 N–H and O–H groups in total. The maximum Gasteiger partial charge on any atom is 0.205 e. The predicted octanol–water partition coefficient (Wildman–Crippen LogP) is 2.31. The average Bonchev–Trinajstić information content (AvgIpc) is 2.55. The first-order chi connectivity index (χ1) is 10.9. The highest BCUT2D eigenvalue weighted by atomic mass is 32.2. The van der Waals surface area contributed by atoms with Crippen molar-refractivity contribution in [3.8, 4) is 11.5 Å². The van der Waals surface area contributed by atoms with E-state index < -0.39 is 23.0 Å². The third-order valence-electron chi connectivity index (χ3n) is 3.01. The van der Waals surface area contributed by atoms with Crippen LogP contribution in [0.4, 0.5) is 14.6 Å². The summed E-state index contributed by atoms with van der Waals surface area (Å²) in [5.74, 6) is -3.99. The number of carbonyl (C=O) groups is 1. The Labute approximate surface area is 135 Å². The zero-order valence-corrected chi connectivity index (χ0v) is 13.3. The Balaban J connectivity index is 2.66. The van der Waals surface area contributed by atoms with Crippen LogP contribution in [0.5, 0.6) is 11.5 Å². The SMILES string of the molecule is COc1cc(F)c(F)c(C(=O)c2cnc(SC)nc2N)c1OC. The number of rotatable bonds is 5. The Morgan fingerprint density at radius 3 is 2.52 bits per heavy atom. The van der Waals surface area contributed by atoms with Crippen LogP contribution in [0, 0.1) is 11.6 Å². The number of nitrogens with two attached hydrogens (primary N) is 1. The van der Waals surface area contributed by atoms with Crippen LogP contribution >= 0.6 is 11.8 Å². The summed E-state index contributed by atoms with van der Waals surface area (Å²) in [6.45, 7) is 0. The van der Waals surface area contributed by atoms with Crippen molar-refractivity contribution in [1.29, 1.82) is 0 Å². The number of anilines is 1. The van der Waals surface area contributed by atoms with Gasteiger partial charge in [0.05, 0.1) is 19.8 Å². The number of methoxy groups -OCH3 is 2. The van der Waals surface area contributed by atoms with Crippen molar-refractivity contribution in [2.45, 2.75) is 5.16 Å². The lowest BCUT2D eigenvalue weighted by Crippen LogP contribution is -2.13. The topological polar surface area (TPSA) is 87.3 Å². The van der Waals surface area contributed by atoms with Gasteiger partial charge in [0.2, 0.25) is 5.78 Å². The van der Waals surface area contributed by atoms with Crippen molar-refractivity contribution in [3.05, 3.63) is 35.0 Å². The molecule has 6 nitrogen and oxygen atoms in total. The number of carbonyl (C=O) groups excluding carboxylic acids is 1. The summed E-state index contributed by atoms with van der Waals surface area (Å²) in [4.78, 5) is 20.4. The van der Waals surface area contributed by atoms with Crippen LogP contribution in [-0.4, -0.2) is 36.2 Å². The average molecular weight is 341 g/mol. The molecule has 23 heavy (non-hydrogen) atoms. The van der Waals surface area contributed by atoms with Crippen LogP contribution in [0.3, 0.4) is 0 Å². The van der Waals surface area contributed by atoms with Gasteiger partial charge in [-0.1, -0.05) is 11.8 Å². The Morgan fingerprint density at radius 2 is 2.00 bits per heavy atom. The van der Waals surface area contributed by atoms with Crippen LogP contribution in [-0.2, 0) is 0 Å². The molecule has 0 radical (unpaired) electrons. The Hall–Kier alpha value is -2.42. The van der Waals surface area contributed by atoms with Crippen LogP contribution < -0.4 is 15.2 Å². The van der Waals surface area contributed by atoms with Crippen molar-refractivity contribution in [1.82, 2.24) is 9.97 Å². The fourth-order valence-corrected chi connectivity index (χ4v) is 2.28. The molecule has 0 bridgehead atoms. The van der Waals surface area contributed by atoms with Crippen molar-refractivity contribution >= 4 is 23.4 Å². The summed E-state index contributed by atoms with van der Waals surface area (Å²) in [6.07, 6.45) is 2.89. The molecule has 9 heteroatoms. The first kappa shape index (κ1) is 16.9. The van der Waals surface area contributed by atoms with Gasteiger partial charge in [-0.3, -0.25) is 4.79 Å². The molecule has 0 saturated carbocycles. The fourth-order valence-electron chi connectivity index (χ4n) is 1.93. The molecule has 0 atom stereocenters. The van der Waals surface area contributed by atoms with Crippen molar-refractivity contribution < 1.29 is 23.0 Å². The van der Waals surface area contributed by atoms with Gasteiger partial charge in [-0.25, -0.2) is 18.7 Å². The van der Waals surface area contributed by atoms with Crippen molar-refractivity contribution in [2.75, 3.05) is 26.2 Å². The largest absolute Gasteiger partial charge is 0.493 e. The minimum atomic E-state index is -1.36. The number of aromatic nitrogens is 2. The summed E-state index contributed by atoms with van der Waals surface area (Å²) in [5, 5.41) is 0.350. The summed E-state index contributed by atoms with van der Waals surface area (Å²) in [6, 6.07) is 0.793. The molecule has 0 fully saturated rings. The van der Waals surface area contributed by atoms with Gasteiger partial charge >= 0.3 is 0 Å². The van der Waals surface area contributed by atoms with E-state index in [1.54, 1.807) is 6.26 Å². The van der Waals surface area contributed by atoms with E-state index in [1.165, 1.54) is 26.0 Å². The molecule has 1 aromatic heterocycles. The number of nitrogens with zero attached hydrogens (tertiary/aromatic N) is 2. The van der Waals surface area contributed by atoms with E-state index >= 15 is 0 Å². The predicted molar refractivity (Wildman–Crippen MR) is 81.1 cm³/mol. The summed E-state index contributed by atoms with van der Waals surface area (Å²) in [5.41, 5.74) is 4.92. The second-order valence-electron chi connectivity index (χ2n) is 4.27. The second kappa shape index (κ2) is 6.78. The number of thioether (sulfide) groups is 1. The lowest BCUT2D eigenvalue weighted by molar-refractivity contribution is 0.103. The maximum absolute atomic E-state index is 14.2. The minimum Gasteiger partial charge on any atom is -0.493 e. The second-order valence-corrected chi connectivity index (χ2v) is 5.04. The molecule has 0 aliphatic rings. The lowest BCUT2D eigenvalue weighted by atomic mass is 10.0. The van der Waals surface area contributed by atoms with Gasteiger partial charge in [-0.15, -0.1) is 0 Å². The van der Waals surface area contributed by atoms with Gasteiger partial charge in [0.25, 0.3) is 0 Å². The van der Waals surface area contributed by atoms with Gasteiger partial charge < -0.3 is 15.2 Å². The molecule has 0 saturated heterocycles. The number of hydrogen-bond donors (Lipinski definition) is 1. The van der Waals surface area contributed by atoms with Crippen LogP contribution in [0.2, 0.25) is 0 Å². The van der Waals surface area contributed by atoms with Crippen molar-refractivity contribution in [3.63, 3.8) is 0 Å². The van der Waals surface area contributed by atoms with Gasteiger partial charge in [-0.05, 0) is 6.26 Å². The van der Waals surface area contributed by atoms with E-state index in [0.29, 0.717) is 5.16 Å². The van der Waals surface area contributed by atoms with E-state index in [-0.39, 0.29) is 22.9 Å². The number of ketones is 1. The first-order valence-corrected chi connectivity index (χ1v) is 7.48. The Kier molecular flexibility index (Phi) is 4.99. The molecule has 1 heterocycles. The molecule has 0 spiro atoms. The number of ether oxygens (including phenoxy) is 2. The highest BCUT2D eigenvalue weighted by Gasteiger charge is 2.28. The van der Waals surface area contributed by atoms with E-state index in [0.717, 1.165) is 12.3 Å². The smallest absolute Gasteiger partial charge is 0.205 e. The van der Waals surface area contributed by atoms with Gasteiger partial charge in [0.1, 0.15) is 11.4 Å². The van der Waals surface area contributed by atoms with Gasteiger partial charge in [-0.2, -0.15) is 0 Å². The van der Waals surface area contributed by atoms with E-state index in [4.69, 9.17) is 15.2 Å².